The summed E-state index contributed by atoms with van der Waals surface area (Å²) in [7, 11) is 0. The first-order valence-electron chi connectivity index (χ1n) is 5.03. The van der Waals surface area contributed by atoms with Crippen LogP contribution < -0.4 is 5.32 Å². The molecule has 0 radical (unpaired) electrons. The van der Waals surface area contributed by atoms with Gasteiger partial charge in [0.15, 0.2) is 0 Å². The fourth-order valence-electron chi connectivity index (χ4n) is 1.28. The van der Waals surface area contributed by atoms with Crippen LogP contribution in [0.25, 0.3) is 6.08 Å². The van der Waals surface area contributed by atoms with Gasteiger partial charge in [-0.25, -0.2) is 0 Å². The highest BCUT2D eigenvalue weighted by molar-refractivity contribution is 9.10. The van der Waals surface area contributed by atoms with Gasteiger partial charge in [0.2, 0.25) is 5.91 Å². The average Bonchev–Trinajstić information content (AvgIpc) is 2.82. The van der Waals surface area contributed by atoms with Crippen molar-refractivity contribution >= 4 is 33.6 Å². The molecule has 3 nitrogen and oxygen atoms in total. The number of rotatable bonds is 3. The lowest BCUT2D eigenvalue weighted by atomic mass is 10.3. The van der Waals surface area contributed by atoms with Crippen LogP contribution in [0, 0.1) is 0 Å². The Hall–Kier alpha value is -1.81. The molecule has 2 aromatic rings. The zero-order valence-electron chi connectivity index (χ0n) is 8.89. The smallest absolute Gasteiger partial charge is 0.248 e. The van der Waals surface area contributed by atoms with Crippen molar-refractivity contribution in [2.24, 2.45) is 0 Å². The minimum atomic E-state index is -0.201. The largest absolute Gasteiger partial charge is 0.465 e. The normalized spacial score (nSPS) is 10.6. The van der Waals surface area contributed by atoms with E-state index in [4.69, 9.17) is 4.42 Å². The zero-order valence-corrected chi connectivity index (χ0v) is 10.5. The third kappa shape index (κ3) is 3.32. The molecule has 4 heteroatoms. The van der Waals surface area contributed by atoms with E-state index >= 15 is 0 Å². The minimum Gasteiger partial charge on any atom is -0.465 e. The van der Waals surface area contributed by atoms with Crippen molar-refractivity contribution in [3.05, 3.63) is 59.0 Å². The fourth-order valence-corrected chi connectivity index (χ4v) is 1.66. The van der Waals surface area contributed by atoms with Gasteiger partial charge in [-0.3, -0.25) is 4.79 Å². The van der Waals surface area contributed by atoms with Gasteiger partial charge in [0.05, 0.1) is 12.0 Å². The predicted octanol–water partition coefficient (Wildman–Crippen LogP) is 3.69. The highest BCUT2D eigenvalue weighted by Gasteiger charge is 2.01. The molecule has 2 rings (SSSR count). The average molecular weight is 292 g/mol. The quantitative estimate of drug-likeness (QED) is 0.877. The topological polar surface area (TPSA) is 42.2 Å². The number of hydrogen-bond donors (Lipinski definition) is 1. The van der Waals surface area contributed by atoms with Gasteiger partial charge < -0.3 is 9.73 Å². The maximum Gasteiger partial charge on any atom is 0.248 e. The van der Waals surface area contributed by atoms with Gasteiger partial charge in [0.1, 0.15) is 5.76 Å². The fraction of sp³-hybridized carbons (Fsp3) is 0. The molecule has 1 aromatic heterocycles. The molecule has 17 heavy (non-hydrogen) atoms. The molecule has 1 aromatic carbocycles. The summed E-state index contributed by atoms with van der Waals surface area (Å²) in [5.74, 6) is 0.445. The van der Waals surface area contributed by atoms with Gasteiger partial charge in [-0.15, -0.1) is 0 Å². The first kappa shape index (κ1) is 11.7. The Morgan fingerprint density at radius 1 is 1.24 bits per heavy atom. The number of anilines is 1. The van der Waals surface area contributed by atoms with Crippen molar-refractivity contribution < 1.29 is 9.21 Å². The maximum absolute atomic E-state index is 11.6. The van der Waals surface area contributed by atoms with Crippen molar-refractivity contribution in [3.8, 4) is 0 Å². The molecule has 0 spiro atoms. The lowest BCUT2D eigenvalue weighted by Crippen LogP contribution is -2.07. The van der Waals surface area contributed by atoms with Crippen molar-refractivity contribution in [2.75, 3.05) is 5.32 Å². The van der Waals surface area contributed by atoms with Crippen LogP contribution in [-0.2, 0) is 4.79 Å². The Morgan fingerprint density at radius 3 is 2.76 bits per heavy atom. The molecule has 1 heterocycles. The SMILES string of the molecule is O=C(C=Cc1ccco1)Nc1ccccc1Br. The molecule has 1 amide bonds. The summed E-state index contributed by atoms with van der Waals surface area (Å²) in [4.78, 5) is 11.6. The van der Waals surface area contributed by atoms with Crippen molar-refractivity contribution in [3.63, 3.8) is 0 Å². The van der Waals surface area contributed by atoms with Crippen LogP contribution in [0.2, 0.25) is 0 Å². The van der Waals surface area contributed by atoms with Crippen LogP contribution in [0.4, 0.5) is 5.69 Å². The number of nitrogens with one attached hydrogen (secondary N) is 1. The molecular weight excluding hydrogens is 282 g/mol. The van der Waals surface area contributed by atoms with Crippen LogP contribution in [0.5, 0.6) is 0 Å². The number of benzene rings is 1. The minimum absolute atomic E-state index is 0.201. The molecule has 0 fully saturated rings. The van der Waals surface area contributed by atoms with Gasteiger partial charge in [-0.05, 0) is 46.3 Å². The van der Waals surface area contributed by atoms with Gasteiger partial charge in [0.25, 0.3) is 0 Å². The summed E-state index contributed by atoms with van der Waals surface area (Å²) in [5.41, 5.74) is 0.738. The Balaban J connectivity index is 2.01. The van der Waals surface area contributed by atoms with E-state index in [2.05, 4.69) is 21.2 Å². The van der Waals surface area contributed by atoms with Crippen molar-refractivity contribution in [2.45, 2.75) is 0 Å². The predicted molar refractivity (Wildman–Crippen MR) is 70.5 cm³/mol. The van der Waals surface area contributed by atoms with Gasteiger partial charge >= 0.3 is 0 Å². The van der Waals surface area contributed by atoms with E-state index in [1.54, 1.807) is 24.5 Å². The third-order valence-corrected chi connectivity index (χ3v) is 2.77. The van der Waals surface area contributed by atoms with Crippen LogP contribution in [-0.4, -0.2) is 5.91 Å². The summed E-state index contributed by atoms with van der Waals surface area (Å²) in [6.07, 6.45) is 4.61. The molecule has 0 saturated carbocycles. The lowest BCUT2D eigenvalue weighted by Gasteiger charge is -2.03. The molecule has 0 unspecified atom stereocenters. The number of para-hydroxylation sites is 1. The number of amides is 1. The van der Waals surface area contributed by atoms with Crippen molar-refractivity contribution in [1.29, 1.82) is 0 Å². The summed E-state index contributed by atoms with van der Waals surface area (Å²) in [6, 6.07) is 11.0. The molecule has 86 valence electrons. The van der Waals surface area contributed by atoms with Crippen LogP contribution in [0.15, 0.2) is 57.6 Å². The molecule has 0 atom stereocenters. The highest BCUT2D eigenvalue weighted by atomic mass is 79.9. The molecule has 0 aliphatic carbocycles. The number of hydrogen-bond acceptors (Lipinski definition) is 2. The summed E-state index contributed by atoms with van der Waals surface area (Å²) in [6.45, 7) is 0. The zero-order chi connectivity index (χ0) is 12.1. The van der Waals surface area contributed by atoms with Crippen LogP contribution in [0.3, 0.4) is 0 Å². The van der Waals surface area contributed by atoms with E-state index in [9.17, 15) is 4.79 Å². The van der Waals surface area contributed by atoms with E-state index < -0.39 is 0 Å². The standard InChI is InChI=1S/C13H10BrNO2/c14-11-5-1-2-6-12(11)15-13(16)8-7-10-4-3-9-17-10/h1-9H,(H,15,16). The second kappa shape index (κ2) is 5.50. The van der Waals surface area contributed by atoms with E-state index in [1.807, 2.05) is 24.3 Å². The summed E-state index contributed by atoms with van der Waals surface area (Å²) >= 11 is 3.36. The molecule has 0 aliphatic rings. The number of carbonyl (C=O) groups excluding carboxylic acids is 1. The van der Waals surface area contributed by atoms with Crippen LogP contribution in [0.1, 0.15) is 5.76 Å². The Bertz CT molecular complexity index is 532. The molecule has 0 aliphatic heterocycles. The van der Waals surface area contributed by atoms with Gasteiger partial charge in [-0.1, -0.05) is 12.1 Å². The number of halogens is 1. The Labute approximate surface area is 107 Å². The summed E-state index contributed by atoms with van der Waals surface area (Å²) < 4.78 is 5.93. The van der Waals surface area contributed by atoms with Crippen LogP contribution >= 0.6 is 15.9 Å². The first-order chi connectivity index (χ1) is 8.25. The van der Waals surface area contributed by atoms with E-state index in [0.29, 0.717) is 5.76 Å². The lowest BCUT2D eigenvalue weighted by molar-refractivity contribution is -0.111. The Morgan fingerprint density at radius 2 is 2.06 bits per heavy atom. The monoisotopic (exact) mass is 291 g/mol. The highest BCUT2D eigenvalue weighted by Crippen LogP contribution is 2.21. The number of furan rings is 1. The second-order valence-corrected chi connectivity index (χ2v) is 4.17. The van der Waals surface area contributed by atoms with Gasteiger partial charge in [-0.2, -0.15) is 0 Å². The molecule has 0 saturated heterocycles. The van der Waals surface area contributed by atoms with Gasteiger partial charge in [0, 0.05) is 10.5 Å². The van der Waals surface area contributed by atoms with Crippen molar-refractivity contribution in [1.82, 2.24) is 0 Å². The van der Waals surface area contributed by atoms with E-state index in [-0.39, 0.29) is 5.91 Å². The summed E-state index contributed by atoms with van der Waals surface area (Å²) in [5, 5.41) is 2.76. The molecular formula is C13H10BrNO2. The molecule has 0 bridgehead atoms. The second-order valence-electron chi connectivity index (χ2n) is 3.32. The van der Waals surface area contributed by atoms with E-state index in [0.717, 1.165) is 10.2 Å². The molecule has 1 N–H and O–H groups in total. The Kier molecular flexibility index (Phi) is 3.77. The number of carbonyl (C=O) groups is 1. The van der Waals surface area contributed by atoms with E-state index in [1.165, 1.54) is 6.08 Å². The first-order valence-corrected chi connectivity index (χ1v) is 5.82. The maximum atomic E-state index is 11.6. The third-order valence-electron chi connectivity index (χ3n) is 2.07.